The van der Waals surface area contributed by atoms with Crippen molar-refractivity contribution in [3.05, 3.63) is 59.0 Å². The fourth-order valence-corrected chi connectivity index (χ4v) is 3.01. The van der Waals surface area contributed by atoms with Crippen molar-refractivity contribution in [3.8, 4) is 5.88 Å². The highest BCUT2D eigenvalue weighted by atomic mass is 19.1. The van der Waals surface area contributed by atoms with Crippen molar-refractivity contribution in [3.63, 3.8) is 0 Å². The van der Waals surface area contributed by atoms with Gasteiger partial charge in [0.25, 0.3) is 11.8 Å². The Morgan fingerprint density at radius 1 is 1.19 bits per heavy atom. The van der Waals surface area contributed by atoms with E-state index in [0.717, 1.165) is 11.1 Å². The molecule has 0 saturated carbocycles. The smallest absolute Gasteiger partial charge is 0.407 e. The number of pyridine rings is 1. The molecule has 1 N–H and O–H groups in total. The Kier molecular flexibility index (Phi) is 6.24. The molecular formula is C22H24FN3O5. The number of benzene rings is 1. The van der Waals surface area contributed by atoms with Gasteiger partial charge in [0, 0.05) is 5.56 Å². The number of rotatable bonds is 6. The van der Waals surface area contributed by atoms with Gasteiger partial charge in [-0.05, 0) is 45.9 Å². The Hall–Kier alpha value is -3.49. The summed E-state index contributed by atoms with van der Waals surface area (Å²) >= 11 is 0. The Bertz CT molecular complexity index is 983. The average molecular weight is 429 g/mol. The van der Waals surface area contributed by atoms with Crippen molar-refractivity contribution in [1.29, 1.82) is 0 Å². The predicted octanol–water partition coefficient (Wildman–Crippen LogP) is 3.31. The van der Waals surface area contributed by atoms with Crippen LogP contribution in [0.15, 0.2) is 36.5 Å². The molecule has 0 fully saturated rings. The van der Waals surface area contributed by atoms with Gasteiger partial charge in [-0.2, -0.15) is 0 Å². The van der Waals surface area contributed by atoms with Crippen LogP contribution in [0.3, 0.4) is 0 Å². The molecule has 164 valence electrons. The molecule has 2 aromatic rings. The van der Waals surface area contributed by atoms with Gasteiger partial charge < -0.3 is 14.8 Å². The Balaban J connectivity index is 1.70. The largest absolute Gasteiger partial charge is 0.473 e. The maximum absolute atomic E-state index is 13.8. The van der Waals surface area contributed by atoms with Crippen molar-refractivity contribution in [1.82, 2.24) is 15.2 Å². The molecule has 1 aromatic carbocycles. The second-order valence-electron chi connectivity index (χ2n) is 8.17. The van der Waals surface area contributed by atoms with E-state index in [-0.39, 0.29) is 24.5 Å². The van der Waals surface area contributed by atoms with Gasteiger partial charge in [0.15, 0.2) is 0 Å². The molecule has 3 amide bonds. The molecule has 0 bridgehead atoms. The molecule has 1 unspecified atom stereocenters. The Labute approximate surface area is 179 Å². The van der Waals surface area contributed by atoms with E-state index in [9.17, 15) is 18.8 Å². The second-order valence-corrected chi connectivity index (χ2v) is 8.17. The highest BCUT2D eigenvalue weighted by Gasteiger charge is 2.35. The van der Waals surface area contributed by atoms with Crippen LogP contribution in [-0.2, 0) is 11.3 Å². The van der Waals surface area contributed by atoms with E-state index in [2.05, 4.69) is 10.3 Å². The molecule has 1 aliphatic heterocycles. The summed E-state index contributed by atoms with van der Waals surface area (Å²) in [4.78, 5) is 42.0. The minimum atomic E-state index is -0.633. The van der Waals surface area contributed by atoms with Crippen molar-refractivity contribution in [2.24, 2.45) is 0 Å². The van der Waals surface area contributed by atoms with Crippen LogP contribution in [0.1, 0.15) is 54.0 Å². The first-order valence-electron chi connectivity index (χ1n) is 9.78. The van der Waals surface area contributed by atoms with Gasteiger partial charge in [-0.25, -0.2) is 14.2 Å². The summed E-state index contributed by atoms with van der Waals surface area (Å²) in [5, 5.41) is 2.58. The number of amides is 3. The Morgan fingerprint density at radius 2 is 1.81 bits per heavy atom. The molecule has 1 atom stereocenters. The van der Waals surface area contributed by atoms with E-state index in [4.69, 9.17) is 9.47 Å². The van der Waals surface area contributed by atoms with Crippen LogP contribution >= 0.6 is 0 Å². The average Bonchev–Trinajstić information content (AvgIpc) is 2.92. The van der Waals surface area contributed by atoms with Gasteiger partial charge in [0.2, 0.25) is 5.88 Å². The quantitative estimate of drug-likeness (QED) is 0.708. The van der Waals surface area contributed by atoms with Crippen LogP contribution in [0.2, 0.25) is 0 Å². The number of fused-ring (bicyclic) bond motifs is 1. The van der Waals surface area contributed by atoms with Crippen LogP contribution < -0.4 is 10.1 Å². The topological polar surface area (TPSA) is 97.8 Å². The summed E-state index contributed by atoms with van der Waals surface area (Å²) in [6, 6.07) is 7.65. The highest BCUT2D eigenvalue weighted by Crippen LogP contribution is 2.27. The van der Waals surface area contributed by atoms with E-state index in [1.807, 2.05) is 0 Å². The number of carbonyl (C=O) groups is 3. The zero-order valence-electron chi connectivity index (χ0n) is 17.8. The van der Waals surface area contributed by atoms with Crippen molar-refractivity contribution in [2.45, 2.75) is 45.9 Å². The van der Waals surface area contributed by atoms with E-state index in [1.54, 1.807) is 52.0 Å². The maximum atomic E-state index is 13.8. The molecule has 0 radical (unpaired) electrons. The van der Waals surface area contributed by atoms with E-state index in [1.165, 1.54) is 6.07 Å². The first-order valence-corrected chi connectivity index (χ1v) is 9.78. The van der Waals surface area contributed by atoms with Crippen LogP contribution in [-0.4, -0.2) is 46.0 Å². The van der Waals surface area contributed by atoms with Gasteiger partial charge in [0.05, 0.1) is 30.4 Å². The van der Waals surface area contributed by atoms with Crippen LogP contribution in [0, 0.1) is 5.82 Å². The van der Waals surface area contributed by atoms with Gasteiger partial charge >= 0.3 is 6.09 Å². The first kappa shape index (κ1) is 22.2. The molecule has 9 heteroatoms. The fourth-order valence-electron chi connectivity index (χ4n) is 3.01. The first-order chi connectivity index (χ1) is 14.5. The number of halogens is 1. The molecular weight excluding hydrogens is 405 g/mol. The van der Waals surface area contributed by atoms with E-state index < -0.39 is 35.4 Å². The minimum absolute atomic E-state index is 0.0662. The maximum Gasteiger partial charge on any atom is 0.407 e. The highest BCUT2D eigenvalue weighted by molar-refractivity contribution is 6.21. The number of nitrogens with one attached hydrogen (secondary N) is 1. The number of hydrogen-bond acceptors (Lipinski definition) is 6. The van der Waals surface area contributed by atoms with E-state index in [0.29, 0.717) is 11.1 Å². The number of aromatic nitrogens is 1. The molecule has 31 heavy (non-hydrogen) atoms. The van der Waals surface area contributed by atoms with Gasteiger partial charge in [-0.1, -0.05) is 12.1 Å². The molecule has 1 aromatic heterocycles. The van der Waals surface area contributed by atoms with Crippen LogP contribution in [0.5, 0.6) is 5.88 Å². The van der Waals surface area contributed by atoms with E-state index >= 15 is 0 Å². The summed E-state index contributed by atoms with van der Waals surface area (Å²) < 4.78 is 24.8. The van der Waals surface area contributed by atoms with Gasteiger partial charge in [-0.15, -0.1) is 0 Å². The van der Waals surface area contributed by atoms with Gasteiger partial charge in [-0.3, -0.25) is 14.5 Å². The third-order valence-electron chi connectivity index (χ3n) is 4.34. The zero-order chi connectivity index (χ0) is 22.8. The van der Waals surface area contributed by atoms with Gasteiger partial charge in [0.1, 0.15) is 17.5 Å². The predicted molar refractivity (Wildman–Crippen MR) is 109 cm³/mol. The molecule has 3 rings (SSSR count). The van der Waals surface area contributed by atoms with Crippen molar-refractivity contribution >= 4 is 17.9 Å². The monoisotopic (exact) mass is 429 g/mol. The van der Waals surface area contributed by atoms with Crippen LogP contribution in [0.25, 0.3) is 0 Å². The fraction of sp³-hybridized carbons (Fsp3) is 0.364. The molecule has 1 aliphatic rings. The third kappa shape index (κ3) is 5.36. The number of alkyl carbamates (subject to hydrolysis) is 1. The zero-order valence-corrected chi connectivity index (χ0v) is 17.8. The normalized spacial score (nSPS) is 14.3. The molecule has 2 heterocycles. The number of carbonyl (C=O) groups excluding carboxylic acids is 3. The lowest BCUT2D eigenvalue weighted by Crippen LogP contribution is -2.38. The number of nitrogens with zero attached hydrogens (tertiary/aromatic N) is 2. The lowest BCUT2D eigenvalue weighted by Gasteiger charge is -2.22. The summed E-state index contributed by atoms with van der Waals surface area (Å²) in [5.74, 6) is -1.49. The SMILES string of the molecule is CC(CNC(=O)OC(C)(C)C)Oc1ncc(F)cc1CN1C(=O)c2ccccc2C1=O. The summed E-state index contributed by atoms with van der Waals surface area (Å²) in [6.45, 7) is 6.86. The summed E-state index contributed by atoms with van der Waals surface area (Å²) in [7, 11) is 0. The van der Waals surface area contributed by atoms with Crippen molar-refractivity contribution < 1.29 is 28.2 Å². The van der Waals surface area contributed by atoms with Crippen molar-refractivity contribution in [2.75, 3.05) is 6.54 Å². The third-order valence-corrected chi connectivity index (χ3v) is 4.34. The lowest BCUT2D eigenvalue weighted by molar-refractivity contribution is 0.0500. The molecule has 8 nitrogen and oxygen atoms in total. The summed E-state index contributed by atoms with van der Waals surface area (Å²) in [5.41, 5.74) is 0.203. The lowest BCUT2D eigenvalue weighted by atomic mass is 10.1. The Morgan fingerprint density at radius 3 is 2.39 bits per heavy atom. The molecule has 0 spiro atoms. The number of hydrogen-bond donors (Lipinski definition) is 1. The number of imide groups is 1. The summed E-state index contributed by atoms with van der Waals surface area (Å²) in [6.07, 6.45) is -0.150. The standard InChI is InChI=1S/C22H24FN3O5/c1-13(10-25-21(29)31-22(2,3)4)30-18-14(9-15(23)11-24-18)12-26-19(27)16-7-5-6-8-17(16)20(26)28/h5-9,11,13H,10,12H2,1-4H3,(H,25,29). The molecule has 0 saturated heterocycles. The molecule has 0 aliphatic carbocycles. The number of ether oxygens (including phenoxy) is 2. The minimum Gasteiger partial charge on any atom is -0.473 e. The van der Waals surface area contributed by atoms with Crippen LogP contribution in [0.4, 0.5) is 9.18 Å². The second kappa shape index (κ2) is 8.71.